The lowest BCUT2D eigenvalue weighted by atomic mass is 10.0. The Labute approximate surface area is 76.2 Å². The van der Waals surface area contributed by atoms with Crippen molar-refractivity contribution >= 4 is 0 Å². The first kappa shape index (κ1) is 9.36. The lowest BCUT2D eigenvalue weighted by molar-refractivity contribution is 0.00859. The molecule has 0 aromatic heterocycles. The summed E-state index contributed by atoms with van der Waals surface area (Å²) in [5, 5.41) is 37.4. The molecule has 5 nitrogen and oxygen atoms in total. The molecule has 0 bridgehead atoms. The number of hydrogen-bond donors (Lipinski definition) is 4. The van der Waals surface area contributed by atoms with Crippen LogP contribution in [0.15, 0.2) is 0 Å². The van der Waals surface area contributed by atoms with Crippen molar-refractivity contribution in [3.63, 3.8) is 0 Å². The maximum absolute atomic E-state index is 9.57. The van der Waals surface area contributed by atoms with Crippen LogP contribution in [0, 0.1) is 0 Å². The Morgan fingerprint density at radius 3 is 2.46 bits per heavy atom. The van der Waals surface area contributed by atoms with E-state index < -0.39 is 24.4 Å². The van der Waals surface area contributed by atoms with Gasteiger partial charge in [-0.2, -0.15) is 0 Å². The quantitative estimate of drug-likeness (QED) is 0.367. The molecular weight excluding hydrogens is 174 g/mol. The van der Waals surface area contributed by atoms with Crippen LogP contribution in [0.4, 0.5) is 0 Å². The summed E-state index contributed by atoms with van der Waals surface area (Å²) in [6.45, 7) is 0.255. The van der Waals surface area contributed by atoms with Crippen molar-refractivity contribution in [3.05, 3.63) is 0 Å². The smallest absolute Gasteiger partial charge is 0.0991 e. The summed E-state index contributed by atoms with van der Waals surface area (Å²) in [5.74, 6) is 0. The summed E-state index contributed by atoms with van der Waals surface area (Å²) in [6.07, 6.45) is -1.69. The predicted octanol–water partition coefficient (Wildman–Crippen LogP) is -2.48. The Morgan fingerprint density at radius 2 is 1.85 bits per heavy atom. The van der Waals surface area contributed by atoms with E-state index in [1.165, 1.54) is 0 Å². The summed E-state index contributed by atoms with van der Waals surface area (Å²) >= 11 is 0. The van der Waals surface area contributed by atoms with Crippen LogP contribution >= 0.6 is 0 Å². The molecule has 0 aromatic rings. The molecule has 2 heterocycles. The first-order chi connectivity index (χ1) is 6.15. The van der Waals surface area contributed by atoms with E-state index in [1.54, 1.807) is 4.90 Å². The topological polar surface area (TPSA) is 84.2 Å². The maximum atomic E-state index is 9.57. The second kappa shape index (κ2) is 3.18. The second-order valence-corrected chi connectivity index (χ2v) is 3.88. The number of rotatable bonds is 1. The van der Waals surface area contributed by atoms with Gasteiger partial charge in [0.15, 0.2) is 0 Å². The monoisotopic (exact) mass is 189 g/mol. The van der Waals surface area contributed by atoms with Gasteiger partial charge in [0.25, 0.3) is 0 Å². The molecule has 2 aliphatic rings. The molecule has 2 aliphatic heterocycles. The van der Waals surface area contributed by atoms with Gasteiger partial charge in [-0.1, -0.05) is 0 Å². The molecule has 0 aliphatic carbocycles. The fraction of sp³-hybridized carbons (Fsp3) is 1.00. The fourth-order valence-electron chi connectivity index (χ4n) is 2.45. The van der Waals surface area contributed by atoms with Crippen LogP contribution < -0.4 is 0 Å². The molecule has 0 saturated carbocycles. The first-order valence-corrected chi connectivity index (χ1v) is 4.56. The van der Waals surface area contributed by atoms with Crippen LogP contribution in [0.1, 0.15) is 6.42 Å². The average molecular weight is 189 g/mol. The Balaban J connectivity index is 2.15. The van der Waals surface area contributed by atoms with E-state index >= 15 is 0 Å². The van der Waals surface area contributed by atoms with Crippen molar-refractivity contribution in [1.29, 1.82) is 0 Å². The van der Waals surface area contributed by atoms with Gasteiger partial charge in [0.1, 0.15) is 0 Å². The number of aliphatic hydroxyl groups excluding tert-OH is 4. The second-order valence-electron chi connectivity index (χ2n) is 3.88. The molecule has 2 saturated heterocycles. The van der Waals surface area contributed by atoms with Crippen molar-refractivity contribution in [3.8, 4) is 0 Å². The highest BCUT2D eigenvalue weighted by atomic mass is 16.3. The van der Waals surface area contributed by atoms with Gasteiger partial charge in [0, 0.05) is 12.6 Å². The van der Waals surface area contributed by atoms with Gasteiger partial charge < -0.3 is 20.4 Å². The highest BCUT2D eigenvalue weighted by molar-refractivity contribution is 5.05. The molecule has 0 unspecified atom stereocenters. The zero-order valence-corrected chi connectivity index (χ0v) is 7.24. The Hall–Kier alpha value is -0.200. The molecule has 2 rings (SSSR count). The summed E-state index contributed by atoms with van der Waals surface area (Å²) < 4.78 is 0. The maximum Gasteiger partial charge on any atom is 0.0991 e. The van der Waals surface area contributed by atoms with Crippen LogP contribution in [0.25, 0.3) is 0 Å². The van der Waals surface area contributed by atoms with Crippen LogP contribution in [-0.4, -0.2) is 68.9 Å². The molecule has 0 spiro atoms. The van der Waals surface area contributed by atoms with Crippen molar-refractivity contribution in [2.45, 2.75) is 36.8 Å². The molecule has 0 amide bonds. The van der Waals surface area contributed by atoms with Crippen molar-refractivity contribution in [1.82, 2.24) is 4.90 Å². The van der Waals surface area contributed by atoms with E-state index in [4.69, 9.17) is 5.11 Å². The van der Waals surface area contributed by atoms with E-state index in [-0.39, 0.29) is 12.6 Å². The van der Waals surface area contributed by atoms with Gasteiger partial charge in [0.05, 0.1) is 31.0 Å². The van der Waals surface area contributed by atoms with Gasteiger partial charge in [-0.3, -0.25) is 4.90 Å². The number of aliphatic hydroxyl groups is 4. The van der Waals surface area contributed by atoms with E-state index in [2.05, 4.69) is 0 Å². The van der Waals surface area contributed by atoms with Crippen LogP contribution in [0.5, 0.6) is 0 Å². The molecule has 76 valence electrons. The molecule has 5 heteroatoms. The number of fused-ring (bicyclic) bond motifs is 1. The lowest BCUT2D eigenvalue weighted by Gasteiger charge is -2.22. The highest BCUT2D eigenvalue weighted by Gasteiger charge is 2.51. The van der Waals surface area contributed by atoms with Crippen LogP contribution in [0.3, 0.4) is 0 Å². The minimum absolute atomic E-state index is 0.179. The molecule has 4 N–H and O–H groups in total. The summed E-state index contributed by atoms with van der Waals surface area (Å²) in [4.78, 5) is 1.79. The van der Waals surface area contributed by atoms with E-state index in [1.807, 2.05) is 0 Å². The number of nitrogens with zero attached hydrogens (tertiary/aromatic N) is 1. The minimum Gasteiger partial charge on any atom is -0.395 e. The van der Waals surface area contributed by atoms with Crippen LogP contribution in [-0.2, 0) is 0 Å². The largest absolute Gasteiger partial charge is 0.395 e. The molecule has 2 fully saturated rings. The summed E-state index contributed by atoms with van der Waals surface area (Å²) in [5.41, 5.74) is 0. The molecule has 0 radical (unpaired) electrons. The third-order valence-electron chi connectivity index (χ3n) is 3.11. The number of hydrogen-bond acceptors (Lipinski definition) is 5. The van der Waals surface area contributed by atoms with Crippen molar-refractivity contribution in [2.24, 2.45) is 0 Å². The molecular formula is C8H15NO4. The third-order valence-corrected chi connectivity index (χ3v) is 3.11. The molecule has 5 atom stereocenters. The van der Waals surface area contributed by atoms with Crippen LogP contribution in [0.2, 0.25) is 0 Å². The fourth-order valence-corrected chi connectivity index (χ4v) is 2.45. The summed E-state index contributed by atoms with van der Waals surface area (Å²) in [7, 11) is 0. The highest BCUT2D eigenvalue weighted by Crippen LogP contribution is 2.32. The van der Waals surface area contributed by atoms with Crippen molar-refractivity contribution in [2.75, 3.05) is 13.2 Å². The van der Waals surface area contributed by atoms with Gasteiger partial charge in [-0.05, 0) is 6.42 Å². The molecule has 0 aromatic carbocycles. The van der Waals surface area contributed by atoms with Gasteiger partial charge >= 0.3 is 0 Å². The molecule has 13 heavy (non-hydrogen) atoms. The Bertz CT molecular complexity index is 199. The Morgan fingerprint density at radius 1 is 1.15 bits per heavy atom. The predicted molar refractivity (Wildman–Crippen MR) is 44.0 cm³/mol. The zero-order chi connectivity index (χ0) is 9.59. The normalized spacial score (nSPS) is 51.2. The zero-order valence-electron chi connectivity index (χ0n) is 7.24. The van der Waals surface area contributed by atoms with E-state index in [0.29, 0.717) is 13.0 Å². The van der Waals surface area contributed by atoms with E-state index in [0.717, 1.165) is 0 Å². The standard InChI is InChI=1S/C8H15NO4/c10-3-6-8(13)7(12)5-1-4(11)2-9(5)6/h4-8,10-13H,1-3H2/t4-,5+,6-,7+,8+/m1/s1. The SMILES string of the molecule is OC[C@@H]1[C@H](O)[C@@H](O)[C@@H]2C[C@@H](O)CN12. The van der Waals surface area contributed by atoms with Crippen molar-refractivity contribution < 1.29 is 20.4 Å². The first-order valence-electron chi connectivity index (χ1n) is 4.56. The van der Waals surface area contributed by atoms with E-state index in [9.17, 15) is 15.3 Å². The minimum atomic E-state index is -0.887. The van der Waals surface area contributed by atoms with Gasteiger partial charge in [-0.15, -0.1) is 0 Å². The van der Waals surface area contributed by atoms with Gasteiger partial charge in [-0.25, -0.2) is 0 Å². The summed E-state index contributed by atoms with van der Waals surface area (Å²) in [6, 6.07) is -0.612. The van der Waals surface area contributed by atoms with Gasteiger partial charge in [0.2, 0.25) is 0 Å². The Kier molecular flexibility index (Phi) is 2.29. The average Bonchev–Trinajstić information content (AvgIpc) is 2.54. The third kappa shape index (κ3) is 1.28. The lowest BCUT2D eigenvalue weighted by Crippen LogP contribution is -2.40.